The minimum absolute atomic E-state index is 0.0140. The van der Waals surface area contributed by atoms with Crippen LogP contribution in [0.15, 0.2) is 48.8 Å². The number of amides is 2. The van der Waals surface area contributed by atoms with Crippen LogP contribution >= 0.6 is 0 Å². The number of benzene rings is 1. The fraction of sp³-hybridized carbons (Fsp3) is 0.379. The van der Waals surface area contributed by atoms with E-state index in [2.05, 4.69) is 39.4 Å². The van der Waals surface area contributed by atoms with Gasteiger partial charge in [0.1, 0.15) is 17.8 Å². The molecule has 1 saturated heterocycles. The molecule has 2 aromatic heterocycles. The smallest absolute Gasteiger partial charge is 0.250 e. The number of nitrogens with two attached hydrogens (primary N) is 1. The second kappa shape index (κ2) is 9.84. The molecule has 3 heterocycles. The summed E-state index contributed by atoms with van der Waals surface area (Å²) in [6.45, 7) is 9.33. The predicted octanol–water partition coefficient (Wildman–Crippen LogP) is 4.78. The van der Waals surface area contributed by atoms with Gasteiger partial charge in [-0.15, -0.1) is 0 Å². The summed E-state index contributed by atoms with van der Waals surface area (Å²) in [6, 6.07) is 7.75. The number of aromatic nitrogens is 3. The van der Waals surface area contributed by atoms with Crippen molar-refractivity contribution < 1.29 is 9.59 Å². The van der Waals surface area contributed by atoms with Crippen LogP contribution in [0.2, 0.25) is 0 Å². The lowest BCUT2D eigenvalue weighted by molar-refractivity contribution is -0.134. The Morgan fingerprint density at radius 1 is 1.14 bits per heavy atom. The monoisotopic (exact) mass is 498 g/mol. The van der Waals surface area contributed by atoms with E-state index in [-0.39, 0.29) is 23.7 Å². The van der Waals surface area contributed by atoms with E-state index in [1.165, 1.54) is 11.9 Å². The zero-order valence-corrected chi connectivity index (χ0v) is 21.8. The average Bonchev–Trinajstić information content (AvgIpc) is 3.52. The summed E-state index contributed by atoms with van der Waals surface area (Å²) in [5.41, 5.74) is 12.5. The number of hydrogen-bond donors (Lipinski definition) is 2. The van der Waals surface area contributed by atoms with Crippen LogP contribution < -0.4 is 11.1 Å². The van der Waals surface area contributed by atoms with Crippen LogP contribution in [-0.2, 0) is 16.6 Å². The minimum Gasteiger partial charge on any atom is -0.383 e. The number of fused-ring (bicyclic) bond motifs is 1. The van der Waals surface area contributed by atoms with Gasteiger partial charge in [-0.2, -0.15) is 0 Å². The first-order valence-corrected chi connectivity index (χ1v) is 12.9. The molecule has 2 aliphatic rings. The third kappa shape index (κ3) is 4.52. The average molecular weight is 499 g/mol. The zero-order chi connectivity index (χ0) is 26.3. The molecule has 0 radical (unpaired) electrons. The van der Waals surface area contributed by atoms with Crippen molar-refractivity contribution in [3.63, 3.8) is 0 Å². The number of nitrogens with one attached hydrogen (secondary N) is 1. The molecular formula is C29H34N6O2. The number of carbonyl (C=O) groups is 2. The second-order valence-electron chi connectivity index (χ2n) is 10.3. The molecule has 1 aliphatic carbocycles. The van der Waals surface area contributed by atoms with Gasteiger partial charge in [0.15, 0.2) is 0 Å². The highest BCUT2D eigenvalue weighted by atomic mass is 16.2. The maximum atomic E-state index is 13.1. The lowest BCUT2D eigenvalue weighted by Crippen LogP contribution is -2.35. The molecule has 1 aromatic carbocycles. The molecule has 2 amide bonds. The van der Waals surface area contributed by atoms with Crippen LogP contribution in [0.5, 0.6) is 0 Å². The van der Waals surface area contributed by atoms with Crippen molar-refractivity contribution in [2.75, 3.05) is 24.1 Å². The molecule has 2 atom stereocenters. The Morgan fingerprint density at radius 2 is 1.84 bits per heavy atom. The van der Waals surface area contributed by atoms with Crippen molar-refractivity contribution in [3.8, 4) is 11.3 Å². The van der Waals surface area contributed by atoms with E-state index in [0.29, 0.717) is 23.5 Å². The van der Waals surface area contributed by atoms with E-state index in [9.17, 15) is 9.59 Å². The SMILES string of the molecule is C=C(C)C(=O)Nc1ccc(-c2c(C3=CC[C@@H](C(=O)N4CCCC4)C[C@@H]3C)c3c(N)ncnc3n2C)cc1. The zero-order valence-electron chi connectivity index (χ0n) is 21.8. The van der Waals surface area contributed by atoms with E-state index in [1.54, 1.807) is 6.92 Å². The molecule has 192 valence electrons. The summed E-state index contributed by atoms with van der Waals surface area (Å²) in [5, 5.41) is 3.69. The highest BCUT2D eigenvalue weighted by Gasteiger charge is 2.33. The van der Waals surface area contributed by atoms with Gasteiger partial charge in [0.2, 0.25) is 5.91 Å². The molecule has 0 spiro atoms. The summed E-state index contributed by atoms with van der Waals surface area (Å²) in [4.78, 5) is 36.1. The number of hydrogen-bond acceptors (Lipinski definition) is 5. The Kier molecular flexibility index (Phi) is 6.58. The normalized spacial score (nSPS) is 19.6. The van der Waals surface area contributed by atoms with Gasteiger partial charge in [-0.3, -0.25) is 9.59 Å². The lowest BCUT2D eigenvalue weighted by atomic mass is 9.77. The highest BCUT2D eigenvalue weighted by molar-refractivity contribution is 6.05. The molecule has 1 aliphatic heterocycles. The summed E-state index contributed by atoms with van der Waals surface area (Å²) >= 11 is 0. The number of allylic oxidation sites excluding steroid dienone is 2. The topological polar surface area (TPSA) is 106 Å². The molecule has 37 heavy (non-hydrogen) atoms. The first-order chi connectivity index (χ1) is 17.8. The van der Waals surface area contributed by atoms with Crippen molar-refractivity contribution in [3.05, 3.63) is 54.4 Å². The van der Waals surface area contributed by atoms with Crippen molar-refractivity contribution in [2.24, 2.45) is 18.9 Å². The Balaban J connectivity index is 1.56. The van der Waals surface area contributed by atoms with Crippen molar-refractivity contribution in [1.29, 1.82) is 0 Å². The number of carbonyl (C=O) groups excluding carboxylic acids is 2. The highest BCUT2D eigenvalue weighted by Crippen LogP contribution is 2.45. The first-order valence-electron chi connectivity index (χ1n) is 12.9. The molecule has 0 saturated carbocycles. The number of nitrogens with zero attached hydrogens (tertiary/aromatic N) is 4. The maximum Gasteiger partial charge on any atom is 0.250 e. The van der Waals surface area contributed by atoms with Crippen molar-refractivity contribution in [2.45, 2.75) is 39.5 Å². The van der Waals surface area contributed by atoms with E-state index < -0.39 is 0 Å². The quantitative estimate of drug-likeness (QED) is 0.492. The maximum absolute atomic E-state index is 13.1. The number of rotatable bonds is 5. The van der Waals surface area contributed by atoms with E-state index in [4.69, 9.17) is 5.73 Å². The number of aryl methyl sites for hydroxylation is 1. The molecule has 3 aromatic rings. The predicted molar refractivity (Wildman–Crippen MR) is 147 cm³/mol. The Morgan fingerprint density at radius 3 is 2.49 bits per heavy atom. The Labute approximate surface area is 217 Å². The molecular weight excluding hydrogens is 464 g/mol. The summed E-state index contributed by atoms with van der Waals surface area (Å²) in [7, 11) is 1.98. The van der Waals surface area contributed by atoms with Gasteiger partial charge < -0.3 is 20.5 Å². The molecule has 5 rings (SSSR count). The number of nitrogen functional groups attached to an aromatic ring is 1. The molecule has 0 unspecified atom stereocenters. The molecule has 3 N–H and O–H groups in total. The van der Waals surface area contributed by atoms with E-state index in [1.807, 2.05) is 36.2 Å². The summed E-state index contributed by atoms with van der Waals surface area (Å²) < 4.78 is 2.05. The molecule has 8 nitrogen and oxygen atoms in total. The van der Waals surface area contributed by atoms with Crippen molar-refractivity contribution >= 4 is 39.9 Å². The first kappa shape index (κ1) is 24.7. The van der Waals surface area contributed by atoms with Gasteiger partial charge >= 0.3 is 0 Å². The third-order valence-electron chi connectivity index (χ3n) is 7.65. The summed E-state index contributed by atoms with van der Waals surface area (Å²) in [6.07, 6.45) is 7.43. The van der Waals surface area contributed by atoms with Crippen molar-refractivity contribution in [1.82, 2.24) is 19.4 Å². The van der Waals surface area contributed by atoms with Crippen LogP contribution in [0, 0.1) is 11.8 Å². The van der Waals surface area contributed by atoms with Crippen LogP contribution in [-0.4, -0.2) is 44.3 Å². The fourth-order valence-corrected chi connectivity index (χ4v) is 5.71. The summed E-state index contributed by atoms with van der Waals surface area (Å²) in [5.74, 6) is 0.701. The van der Waals surface area contributed by atoms with Crippen LogP contribution in [0.25, 0.3) is 27.9 Å². The standard InChI is InChI=1S/C29H34N6O2/c1-17(2)28(36)33-21-10-7-19(8-11-21)25-23(24-26(30)31-16-32-27(24)34(25)4)22-12-9-20(15-18(22)3)29(37)35-13-5-6-14-35/h7-8,10-12,16,18,20H,1,5-6,9,13-15H2,2-4H3,(H,33,36)(H2,30,31,32)/t18-,20+/m0/s1. The largest absolute Gasteiger partial charge is 0.383 e. The third-order valence-corrected chi connectivity index (χ3v) is 7.65. The number of likely N-dealkylation sites (tertiary alicyclic amines) is 1. The van der Waals surface area contributed by atoms with E-state index >= 15 is 0 Å². The van der Waals surface area contributed by atoms with Gasteiger partial charge in [0.25, 0.3) is 5.91 Å². The Hall–Kier alpha value is -3.94. The van der Waals surface area contributed by atoms with Gasteiger partial charge in [0, 0.05) is 42.9 Å². The fourth-order valence-electron chi connectivity index (χ4n) is 5.71. The van der Waals surface area contributed by atoms with Crippen LogP contribution in [0.3, 0.4) is 0 Å². The molecule has 0 bridgehead atoms. The van der Waals surface area contributed by atoms with Crippen LogP contribution in [0.1, 0.15) is 45.1 Å². The molecule has 8 heteroatoms. The lowest BCUT2D eigenvalue weighted by Gasteiger charge is -2.30. The van der Waals surface area contributed by atoms with Gasteiger partial charge in [0.05, 0.1) is 11.1 Å². The van der Waals surface area contributed by atoms with Gasteiger partial charge in [-0.25, -0.2) is 9.97 Å². The van der Waals surface area contributed by atoms with E-state index in [0.717, 1.165) is 60.2 Å². The Bertz CT molecular complexity index is 1410. The minimum atomic E-state index is -0.208. The van der Waals surface area contributed by atoms with Gasteiger partial charge in [-0.1, -0.05) is 31.7 Å². The second-order valence-corrected chi connectivity index (χ2v) is 10.3. The van der Waals surface area contributed by atoms with Gasteiger partial charge in [-0.05, 0) is 61.8 Å². The molecule has 1 fully saturated rings. The van der Waals surface area contributed by atoms with Crippen LogP contribution in [0.4, 0.5) is 11.5 Å². The number of anilines is 2.